The lowest BCUT2D eigenvalue weighted by molar-refractivity contribution is -0.389. The Kier molecular flexibility index (Phi) is 3.56. The highest BCUT2D eigenvalue weighted by Crippen LogP contribution is 2.08. The van der Waals surface area contributed by atoms with Gasteiger partial charge in [-0.2, -0.15) is 0 Å². The molecule has 8 nitrogen and oxygen atoms in total. The molecule has 0 spiro atoms. The summed E-state index contributed by atoms with van der Waals surface area (Å²) in [5.74, 6) is -0.337. The van der Waals surface area contributed by atoms with Gasteiger partial charge in [-0.05, 0) is 16.8 Å². The number of amides is 1. The maximum Gasteiger partial charge on any atom is 0.381 e. The van der Waals surface area contributed by atoms with Gasteiger partial charge in [-0.15, -0.1) is 0 Å². The van der Waals surface area contributed by atoms with Gasteiger partial charge in [0.25, 0.3) is 0 Å². The van der Waals surface area contributed by atoms with Crippen LogP contribution in [0.3, 0.4) is 0 Å². The van der Waals surface area contributed by atoms with Crippen LogP contribution in [-0.2, 0) is 16.1 Å². The van der Waals surface area contributed by atoms with Crippen molar-refractivity contribution in [3.63, 3.8) is 0 Å². The quantitative estimate of drug-likeness (QED) is 0.561. The van der Waals surface area contributed by atoms with Crippen molar-refractivity contribution in [2.75, 3.05) is 19.7 Å². The summed E-state index contributed by atoms with van der Waals surface area (Å²) in [5, 5.41) is 10.5. The largest absolute Gasteiger partial charge is 0.381 e. The Hall–Kier alpha value is -1.96. The van der Waals surface area contributed by atoms with Gasteiger partial charge in [0, 0.05) is 13.1 Å². The number of rotatable bonds is 3. The van der Waals surface area contributed by atoms with Gasteiger partial charge < -0.3 is 24.3 Å². The maximum absolute atomic E-state index is 11.9. The van der Waals surface area contributed by atoms with Gasteiger partial charge >= 0.3 is 5.82 Å². The topological polar surface area (TPSA) is 90.5 Å². The third-order valence-electron chi connectivity index (χ3n) is 2.72. The first-order valence-electron chi connectivity index (χ1n) is 5.62. The summed E-state index contributed by atoms with van der Waals surface area (Å²) in [6.07, 6.45) is 2.57. The van der Waals surface area contributed by atoms with Crippen molar-refractivity contribution in [2.24, 2.45) is 0 Å². The molecule has 0 unspecified atom stereocenters. The van der Waals surface area contributed by atoms with Crippen molar-refractivity contribution in [1.29, 1.82) is 0 Å². The second-order valence-electron chi connectivity index (χ2n) is 4.18. The standard InChI is InChI=1S/C10H14N4O4/c1-8-4-13(2-3-18-8)10(15)6-12-5-9(11-7-12)14(16)17/h5,7-8H,2-4,6H2,1H3/t8-/m0/s1. The van der Waals surface area contributed by atoms with Crippen molar-refractivity contribution in [3.05, 3.63) is 22.6 Å². The van der Waals surface area contributed by atoms with Crippen LogP contribution in [0.15, 0.2) is 12.5 Å². The van der Waals surface area contributed by atoms with Crippen LogP contribution < -0.4 is 0 Å². The Morgan fingerprint density at radius 2 is 2.50 bits per heavy atom. The van der Waals surface area contributed by atoms with Gasteiger partial charge in [-0.3, -0.25) is 4.79 Å². The van der Waals surface area contributed by atoms with Gasteiger partial charge in [0.2, 0.25) is 12.2 Å². The second kappa shape index (κ2) is 5.13. The van der Waals surface area contributed by atoms with Crippen LogP contribution in [0.25, 0.3) is 0 Å². The number of carbonyl (C=O) groups excluding carboxylic acids is 1. The van der Waals surface area contributed by atoms with Gasteiger partial charge in [0.05, 0.1) is 12.7 Å². The summed E-state index contributed by atoms with van der Waals surface area (Å²) < 4.78 is 6.76. The smallest absolute Gasteiger partial charge is 0.375 e. The van der Waals surface area contributed by atoms with E-state index in [1.165, 1.54) is 17.1 Å². The summed E-state index contributed by atoms with van der Waals surface area (Å²) in [6.45, 7) is 3.60. The number of nitrogens with zero attached hydrogens (tertiary/aromatic N) is 4. The molecule has 1 amide bonds. The number of hydrogen-bond acceptors (Lipinski definition) is 5. The number of nitro groups is 1. The normalized spacial score (nSPS) is 19.8. The number of aromatic nitrogens is 2. The van der Waals surface area contributed by atoms with E-state index in [9.17, 15) is 14.9 Å². The molecule has 0 saturated carbocycles. The highest BCUT2D eigenvalue weighted by atomic mass is 16.6. The minimum Gasteiger partial charge on any atom is -0.375 e. The Labute approximate surface area is 103 Å². The maximum atomic E-state index is 11.9. The van der Waals surface area contributed by atoms with E-state index in [4.69, 9.17) is 4.74 Å². The van der Waals surface area contributed by atoms with Crippen LogP contribution in [0.1, 0.15) is 6.92 Å². The van der Waals surface area contributed by atoms with Gasteiger partial charge in [-0.25, -0.2) is 0 Å². The summed E-state index contributed by atoms with van der Waals surface area (Å²) in [6, 6.07) is 0. The van der Waals surface area contributed by atoms with E-state index in [0.717, 1.165) is 0 Å². The van der Waals surface area contributed by atoms with Crippen molar-refractivity contribution in [3.8, 4) is 0 Å². The van der Waals surface area contributed by atoms with Crippen LogP contribution in [0, 0.1) is 10.1 Å². The van der Waals surface area contributed by atoms with E-state index in [2.05, 4.69) is 4.98 Å². The molecule has 18 heavy (non-hydrogen) atoms. The molecule has 0 radical (unpaired) electrons. The fraction of sp³-hybridized carbons (Fsp3) is 0.600. The highest BCUT2D eigenvalue weighted by Gasteiger charge is 2.22. The monoisotopic (exact) mass is 254 g/mol. The van der Waals surface area contributed by atoms with E-state index < -0.39 is 4.92 Å². The molecule has 2 rings (SSSR count). The third kappa shape index (κ3) is 2.83. The molecule has 1 atom stereocenters. The summed E-state index contributed by atoms with van der Waals surface area (Å²) >= 11 is 0. The molecule has 1 aromatic heterocycles. The molecule has 0 aliphatic carbocycles. The molecule has 2 heterocycles. The highest BCUT2D eigenvalue weighted by molar-refractivity contribution is 5.76. The summed E-state index contributed by atoms with van der Waals surface area (Å²) in [4.78, 5) is 27.1. The van der Waals surface area contributed by atoms with E-state index >= 15 is 0 Å². The van der Waals surface area contributed by atoms with Gasteiger partial charge in [0.15, 0.2) is 0 Å². The van der Waals surface area contributed by atoms with Crippen LogP contribution in [0.2, 0.25) is 0 Å². The molecule has 1 aromatic rings. The Morgan fingerprint density at radius 3 is 3.11 bits per heavy atom. The lowest BCUT2D eigenvalue weighted by Crippen LogP contribution is -2.45. The average Bonchev–Trinajstić information content (AvgIpc) is 2.77. The number of imidazole rings is 1. The molecule has 1 aliphatic rings. The van der Waals surface area contributed by atoms with E-state index in [-0.39, 0.29) is 24.4 Å². The molecule has 8 heteroatoms. The fourth-order valence-corrected chi connectivity index (χ4v) is 1.83. The van der Waals surface area contributed by atoms with E-state index in [1.807, 2.05) is 6.92 Å². The number of ether oxygens (including phenoxy) is 1. The lowest BCUT2D eigenvalue weighted by atomic mass is 10.3. The first kappa shape index (κ1) is 12.5. The molecule has 0 N–H and O–H groups in total. The summed E-state index contributed by atoms with van der Waals surface area (Å²) in [5.41, 5.74) is 0. The number of carbonyl (C=O) groups is 1. The molecular weight excluding hydrogens is 240 g/mol. The van der Waals surface area contributed by atoms with E-state index in [0.29, 0.717) is 19.7 Å². The zero-order chi connectivity index (χ0) is 13.1. The van der Waals surface area contributed by atoms with Crippen LogP contribution >= 0.6 is 0 Å². The zero-order valence-electron chi connectivity index (χ0n) is 9.98. The molecule has 0 aromatic carbocycles. The molecule has 1 saturated heterocycles. The van der Waals surface area contributed by atoms with Crippen LogP contribution in [0.4, 0.5) is 5.82 Å². The van der Waals surface area contributed by atoms with Crippen molar-refractivity contribution in [2.45, 2.75) is 19.6 Å². The number of hydrogen-bond donors (Lipinski definition) is 0. The Morgan fingerprint density at radius 1 is 1.72 bits per heavy atom. The SMILES string of the molecule is C[C@H]1CN(C(=O)Cn2cnc([N+](=O)[O-])c2)CCO1. The lowest BCUT2D eigenvalue weighted by Gasteiger charge is -2.31. The Balaban J connectivity index is 1.95. The molecule has 98 valence electrons. The Bertz CT molecular complexity index is 458. The molecule has 1 fully saturated rings. The molecule has 1 aliphatic heterocycles. The van der Waals surface area contributed by atoms with Crippen LogP contribution in [-0.4, -0.2) is 51.1 Å². The third-order valence-corrected chi connectivity index (χ3v) is 2.72. The van der Waals surface area contributed by atoms with Crippen molar-refractivity contribution >= 4 is 11.7 Å². The van der Waals surface area contributed by atoms with Crippen molar-refractivity contribution in [1.82, 2.24) is 14.5 Å². The predicted octanol–water partition coefficient (Wildman–Crippen LogP) is 0.0386. The minimum atomic E-state index is -0.586. The first-order chi connectivity index (χ1) is 8.56. The van der Waals surface area contributed by atoms with Gasteiger partial charge in [-0.1, -0.05) is 0 Å². The zero-order valence-corrected chi connectivity index (χ0v) is 9.98. The second-order valence-corrected chi connectivity index (χ2v) is 4.18. The van der Waals surface area contributed by atoms with Crippen LogP contribution in [0.5, 0.6) is 0 Å². The first-order valence-corrected chi connectivity index (χ1v) is 5.62. The number of morpholine rings is 1. The molecule has 0 bridgehead atoms. The summed E-state index contributed by atoms with van der Waals surface area (Å²) in [7, 11) is 0. The molecular formula is C10H14N4O4. The van der Waals surface area contributed by atoms with E-state index in [1.54, 1.807) is 4.90 Å². The van der Waals surface area contributed by atoms with Crippen molar-refractivity contribution < 1.29 is 14.5 Å². The van der Waals surface area contributed by atoms with Gasteiger partial charge in [0.1, 0.15) is 12.7 Å². The minimum absolute atomic E-state index is 0.0276. The fourth-order valence-electron chi connectivity index (χ4n) is 1.83. The predicted molar refractivity (Wildman–Crippen MR) is 60.9 cm³/mol. The average molecular weight is 254 g/mol.